The lowest BCUT2D eigenvalue weighted by Crippen LogP contribution is -2.33. The monoisotopic (exact) mass is 349 g/mol. The van der Waals surface area contributed by atoms with Crippen molar-refractivity contribution in [2.24, 2.45) is 0 Å². The molecule has 1 aromatic carbocycles. The summed E-state index contributed by atoms with van der Waals surface area (Å²) >= 11 is 0. The van der Waals surface area contributed by atoms with Crippen LogP contribution in [0.2, 0.25) is 0 Å². The van der Waals surface area contributed by atoms with Crippen molar-refractivity contribution in [3.63, 3.8) is 0 Å². The minimum Gasteiger partial charge on any atom is -0.382 e. The number of alkyl halides is 5. The average Bonchev–Trinajstić information content (AvgIpc) is 2.86. The molecule has 3 rings (SSSR count). The second-order valence-electron chi connectivity index (χ2n) is 5.87. The number of nitrogens with zero attached hydrogens (tertiary/aromatic N) is 1. The Balaban J connectivity index is 2.25. The summed E-state index contributed by atoms with van der Waals surface area (Å²) in [5.74, 6) is -4.15. The topological polar surface area (TPSA) is 25.2 Å². The van der Waals surface area contributed by atoms with Crippen LogP contribution in [0.5, 0.6) is 0 Å². The Bertz CT molecular complexity index is 793. The molecule has 8 heteroatoms. The van der Waals surface area contributed by atoms with Crippen LogP contribution < -0.4 is 0 Å². The van der Waals surface area contributed by atoms with Crippen LogP contribution in [0.1, 0.15) is 34.9 Å². The summed E-state index contributed by atoms with van der Waals surface area (Å²) in [6, 6.07) is 3.69. The lowest BCUT2D eigenvalue weighted by molar-refractivity contribution is -0.147. The number of benzene rings is 1. The van der Waals surface area contributed by atoms with Gasteiger partial charge in [-0.25, -0.2) is 13.2 Å². The minimum atomic E-state index is -4.89. The summed E-state index contributed by atoms with van der Waals surface area (Å²) in [6.07, 6.45) is -7.82. The van der Waals surface area contributed by atoms with Crippen LogP contribution in [-0.2, 0) is 12.6 Å². The van der Waals surface area contributed by atoms with Gasteiger partial charge in [-0.2, -0.15) is 13.2 Å². The first kappa shape index (κ1) is 16.9. The molecule has 2 aromatic rings. The molecule has 0 spiro atoms. The molecule has 1 heterocycles. The zero-order chi connectivity index (χ0) is 17.9. The third-order valence-electron chi connectivity index (χ3n) is 4.24. The summed E-state index contributed by atoms with van der Waals surface area (Å²) < 4.78 is 81.6. The number of aromatic nitrogens is 1. The molecule has 1 unspecified atom stereocenters. The molecular weight excluding hydrogens is 336 g/mol. The van der Waals surface area contributed by atoms with Crippen LogP contribution >= 0.6 is 0 Å². The molecule has 0 radical (unpaired) electrons. The summed E-state index contributed by atoms with van der Waals surface area (Å²) in [5.41, 5.74) is -1.71. The number of hydrogen-bond donors (Lipinski definition) is 1. The number of halogens is 6. The van der Waals surface area contributed by atoms with Crippen LogP contribution in [-0.4, -0.2) is 15.6 Å². The highest BCUT2D eigenvalue weighted by atomic mass is 19.4. The summed E-state index contributed by atoms with van der Waals surface area (Å²) in [5, 5.41) is 9.77. The van der Waals surface area contributed by atoms with Crippen molar-refractivity contribution < 1.29 is 31.4 Å². The Morgan fingerprint density at radius 1 is 1.25 bits per heavy atom. The first-order valence-corrected chi connectivity index (χ1v) is 7.16. The van der Waals surface area contributed by atoms with Gasteiger partial charge in [0.25, 0.3) is 5.92 Å². The normalized spacial score (nSPS) is 20.1. The fourth-order valence-corrected chi connectivity index (χ4v) is 2.99. The quantitative estimate of drug-likeness (QED) is 0.751. The molecule has 0 saturated carbocycles. The maximum atomic E-state index is 13.7. The van der Waals surface area contributed by atoms with Crippen molar-refractivity contribution in [2.45, 2.75) is 38.0 Å². The predicted molar refractivity (Wildman–Crippen MR) is 73.7 cm³/mol. The molecule has 1 aliphatic rings. The number of hydrogen-bond acceptors (Lipinski definition) is 1. The van der Waals surface area contributed by atoms with Crippen LogP contribution in [0.4, 0.5) is 26.3 Å². The summed E-state index contributed by atoms with van der Waals surface area (Å²) in [6.45, 7) is 1.45. The molecular formula is C16H13F6NO. The van der Waals surface area contributed by atoms with Gasteiger partial charge in [0, 0.05) is 29.6 Å². The van der Waals surface area contributed by atoms with E-state index in [4.69, 9.17) is 0 Å². The molecule has 1 aromatic heterocycles. The standard InChI is InChI=1S/C16H13F6NO/c1-8-6-9(2-3-11(8)17)23-7-10(16(20,21)22)13-12(23)4-5-15(18,19)14(13)24/h2-3,6-7,14,24H,4-5H2,1H3. The highest BCUT2D eigenvalue weighted by Crippen LogP contribution is 2.48. The Kier molecular flexibility index (Phi) is 3.71. The second-order valence-corrected chi connectivity index (χ2v) is 5.87. The van der Waals surface area contributed by atoms with Crippen LogP contribution in [0.15, 0.2) is 24.4 Å². The second kappa shape index (κ2) is 5.27. The lowest BCUT2D eigenvalue weighted by atomic mass is 9.89. The molecule has 24 heavy (non-hydrogen) atoms. The molecule has 1 N–H and O–H groups in total. The lowest BCUT2D eigenvalue weighted by Gasteiger charge is -2.29. The molecule has 130 valence electrons. The molecule has 2 nitrogen and oxygen atoms in total. The van der Waals surface area contributed by atoms with Crippen molar-refractivity contribution >= 4 is 0 Å². The first-order valence-electron chi connectivity index (χ1n) is 7.16. The Morgan fingerprint density at radius 3 is 2.50 bits per heavy atom. The number of aliphatic hydroxyl groups is 1. The Labute approximate surface area is 133 Å². The van der Waals surface area contributed by atoms with E-state index in [0.29, 0.717) is 6.20 Å². The molecule has 1 atom stereocenters. The highest BCUT2D eigenvalue weighted by molar-refractivity contribution is 5.47. The van der Waals surface area contributed by atoms with E-state index in [9.17, 15) is 31.4 Å². The van der Waals surface area contributed by atoms with E-state index in [1.165, 1.54) is 19.1 Å². The van der Waals surface area contributed by atoms with Crippen molar-refractivity contribution in [1.29, 1.82) is 0 Å². The van der Waals surface area contributed by atoms with E-state index in [1.54, 1.807) is 0 Å². The van der Waals surface area contributed by atoms with Gasteiger partial charge in [-0.3, -0.25) is 0 Å². The van der Waals surface area contributed by atoms with Gasteiger partial charge in [-0.15, -0.1) is 0 Å². The summed E-state index contributed by atoms with van der Waals surface area (Å²) in [7, 11) is 0. The van der Waals surface area contributed by atoms with E-state index in [0.717, 1.165) is 10.6 Å². The number of aryl methyl sites for hydroxylation is 1. The fourth-order valence-electron chi connectivity index (χ4n) is 2.99. The Hall–Kier alpha value is -1.96. The molecule has 0 aliphatic heterocycles. The van der Waals surface area contributed by atoms with Crippen molar-refractivity contribution in [3.05, 3.63) is 52.6 Å². The molecule has 0 amide bonds. The fraction of sp³-hybridized carbons (Fsp3) is 0.375. The van der Waals surface area contributed by atoms with Crippen molar-refractivity contribution in [1.82, 2.24) is 4.57 Å². The molecule has 0 fully saturated rings. The zero-order valence-corrected chi connectivity index (χ0v) is 12.5. The largest absolute Gasteiger partial charge is 0.418 e. The third kappa shape index (κ3) is 2.58. The van der Waals surface area contributed by atoms with Gasteiger partial charge in [-0.05, 0) is 37.1 Å². The van der Waals surface area contributed by atoms with Crippen molar-refractivity contribution in [3.8, 4) is 5.69 Å². The average molecular weight is 349 g/mol. The minimum absolute atomic E-state index is 0.0354. The van der Waals surface area contributed by atoms with E-state index in [1.807, 2.05) is 0 Å². The van der Waals surface area contributed by atoms with Gasteiger partial charge in [0.05, 0.1) is 5.56 Å². The van der Waals surface area contributed by atoms with Gasteiger partial charge in [0.2, 0.25) is 0 Å². The van der Waals surface area contributed by atoms with Gasteiger partial charge < -0.3 is 9.67 Å². The summed E-state index contributed by atoms with van der Waals surface area (Å²) in [4.78, 5) is 0. The van der Waals surface area contributed by atoms with E-state index in [2.05, 4.69) is 0 Å². The SMILES string of the molecule is Cc1cc(-n2cc(C(F)(F)F)c3c2CCC(F)(F)C3O)ccc1F. The highest BCUT2D eigenvalue weighted by Gasteiger charge is 2.50. The number of aliphatic hydroxyl groups excluding tert-OH is 1. The van der Waals surface area contributed by atoms with Gasteiger partial charge in [0.15, 0.2) is 0 Å². The van der Waals surface area contributed by atoms with Crippen LogP contribution in [0.25, 0.3) is 5.69 Å². The van der Waals surface area contributed by atoms with Gasteiger partial charge in [-0.1, -0.05) is 0 Å². The maximum Gasteiger partial charge on any atom is 0.418 e. The third-order valence-corrected chi connectivity index (χ3v) is 4.24. The van der Waals surface area contributed by atoms with E-state index < -0.39 is 41.6 Å². The maximum absolute atomic E-state index is 13.7. The van der Waals surface area contributed by atoms with Gasteiger partial charge in [0.1, 0.15) is 11.9 Å². The van der Waals surface area contributed by atoms with E-state index in [-0.39, 0.29) is 23.4 Å². The zero-order valence-electron chi connectivity index (χ0n) is 12.5. The van der Waals surface area contributed by atoms with Crippen LogP contribution in [0, 0.1) is 12.7 Å². The van der Waals surface area contributed by atoms with Crippen LogP contribution in [0.3, 0.4) is 0 Å². The number of fused-ring (bicyclic) bond motifs is 1. The molecule has 0 bridgehead atoms. The van der Waals surface area contributed by atoms with Crippen molar-refractivity contribution in [2.75, 3.05) is 0 Å². The predicted octanol–water partition coefficient (Wildman–Crippen LogP) is 4.56. The smallest absolute Gasteiger partial charge is 0.382 e. The molecule has 1 aliphatic carbocycles. The van der Waals surface area contributed by atoms with E-state index >= 15 is 0 Å². The van der Waals surface area contributed by atoms with Gasteiger partial charge >= 0.3 is 6.18 Å². The molecule has 0 saturated heterocycles. The first-order chi connectivity index (χ1) is 11.0. The number of rotatable bonds is 1. The Morgan fingerprint density at radius 2 is 1.92 bits per heavy atom.